The van der Waals surface area contributed by atoms with Crippen molar-refractivity contribution in [3.8, 4) is 0 Å². The van der Waals surface area contributed by atoms with Crippen molar-refractivity contribution in [2.45, 2.75) is 0 Å². The molecule has 0 bridgehead atoms. The molecule has 0 unspecified atom stereocenters. The molecule has 0 rings (SSSR count). The summed E-state index contributed by atoms with van der Waals surface area (Å²) in [7, 11) is 0. The standard InChI is InChI=1S/C5H16N4.C5H12O4/c2*6-1-5(2-7,3-8)4-9/h1-4,6-9H2;6-9H,1-4H2. The van der Waals surface area contributed by atoms with E-state index in [2.05, 4.69) is 0 Å². The fourth-order valence-electron chi connectivity index (χ4n) is 0.800. The average molecular weight is 268 g/mol. The molecule has 0 heterocycles. The molecule has 0 aromatic carbocycles. The van der Waals surface area contributed by atoms with Gasteiger partial charge in [-0.1, -0.05) is 0 Å². The van der Waals surface area contributed by atoms with Gasteiger partial charge in [-0.05, 0) is 0 Å². The molecule has 0 fully saturated rings. The lowest BCUT2D eigenvalue weighted by molar-refractivity contribution is -0.0328. The maximum absolute atomic E-state index is 8.50. The number of rotatable bonds is 8. The number of nitrogens with two attached hydrogens (primary N) is 4. The number of aliphatic hydroxyl groups excluding tert-OH is 4. The van der Waals surface area contributed by atoms with E-state index in [1.807, 2.05) is 0 Å². The van der Waals surface area contributed by atoms with Crippen molar-refractivity contribution < 1.29 is 20.4 Å². The molecule has 0 amide bonds. The normalized spacial score (nSPS) is 12.0. The molecule has 0 spiro atoms. The summed E-state index contributed by atoms with van der Waals surface area (Å²) in [6.07, 6.45) is 0. The van der Waals surface area contributed by atoms with Crippen LogP contribution in [0.15, 0.2) is 0 Å². The summed E-state index contributed by atoms with van der Waals surface area (Å²) in [4.78, 5) is 0. The highest BCUT2D eigenvalue weighted by atomic mass is 16.3. The minimum atomic E-state index is -1.11. The summed E-state index contributed by atoms with van der Waals surface area (Å²) in [6, 6.07) is 0. The summed E-state index contributed by atoms with van der Waals surface area (Å²) in [5, 5.41) is 34.0. The second-order valence-corrected chi connectivity index (χ2v) is 4.45. The minimum absolute atomic E-state index is 0.222. The minimum Gasteiger partial charge on any atom is -0.396 e. The Hall–Kier alpha value is -0.320. The molecular formula is C10H28N4O4. The molecule has 18 heavy (non-hydrogen) atoms. The molecule has 8 nitrogen and oxygen atoms in total. The van der Waals surface area contributed by atoms with Crippen LogP contribution < -0.4 is 22.9 Å². The predicted molar refractivity (Wildman–Crippen MR) is 69.4 cm³/mol. The smallest absolute Gasteiger partial charge is 0.0627 e. The molecule has 0 aliphatic rings. The first kappa shape index (κ1) is 20.0. The van der Waals surface area contributed by atoms with Crippen molar-refractivity contribution in [2.75, 3.05) is 52.6 Å². The van der Waals surface area contributed by atoms with Crippen LogP contribution in [0, 0.1) is 10.8 Å². The molecule has 0 aromatic heterocycles. The van der Waals surface area contributed by atoms with Gasteiger partial charge in [0.25, 0.3) is 0 Å². The largest absolute Gasteiger partial charge is 0.396 e. The van der Waals surface area contributed by atoms with Crippen LogP contribution in [-0.2, 0) is 0 Å². The van der Waals surface area contributed by atoms with Crippen LogP contribution in [0.25, 0.3) is 0 Å². The SMILES string of the molecule is NCC(CN)(CN)CN.OCC(CO)(CO)CO. The van der Waals surface area contributed by atoms with Crippen LogP contribution >= 0.6 is 0 Å². The molecule has 0 saturated heterocycles. The molecular weight excluding hydrogens is 240 g/mol. The van der Waals surface area contributed by atoms with Crippen LogP contribution in [0.3, 0.4) is 0 Å². The molecule has 8 heteroatoms. The third-order valence-electron chi connectivity index (χ3n) is 3.07. The molecule has 0 atom stereocenters. The van der Waals surface area contributed by atoms with E-state index in [-0.39, 0.29) is 5.41 Å². The molecule has 0 aliphatic heterocycles. The van der Waals surface area contributed by atoms with Gasteiger partial charge >= 0.3 is 0 Å². The van der Waals surface area contributed by atoms with E-state index in [9.17, 15) is 0 Å². The lowest BCUT2D eigenvalue weighted by atomic mass is 9.89. The van der Waals surface area contributed by atoms with Crippen molar-refractivity contribution in [1.29, 1.82) is 0 Å². The summed E-state index contributed by atoms with van der Waals surface area (Å²) >= 11 is 0. The lowest BCUT2D eigenvalue weighted by Gasteiger charge is -2.26. The average Bonchev–Trinajstić information content (AvgIpc) is 2.46. The quantitative estimate of drug-likeness (QED) is 0.217. The molecule has 0 radical (unpaired) electrons. The second kappa shape index (κ2) is 10.6. The van der Waals surface area contributed by atoms with E-state index in [1.54, 1.807) is 0 Å². The molecule has 0 aliphatic carbocycles. The first-order valence-corrected chi connectivity index (χ1v) is 5.73. The van der Waals surface area contributed by atoms with Gasteiger partial charge in [0.05, 0.1) is 31.8 Å². The van der Waals surface area contributed by atoms with Crippen molar-refractivity contribution >= 4 is 0 Å². The number of aliphatic hydroxyl groups is 4. The molecule has 112 valence electrons. The van der Waals surface area contributed by atoms with E-state index in [1.165, 1.54) is 0 Å². The van der Waals surface area contributed by atoms with Crippen molar-refractivity contribution in [1.82, 2.24) is 0 Å². The summed E-state index contributed by atoms with van der Waals surface area (Å²) in [5.41, 5.74) is 20.3. The zero-order valence-electron chi connectivity index (χ0n) is 10.8. The third kappa shape index (κ3) is 6.03. The van der Waals surface area contributed by atoms with E-state index in [0.29, 0.717) is 26.2 Å². The maximum atomic E-state index is 8.50. The summed E-state index contributed by atoms with van der Waals surface area (Å²) in [6.45, 7) is 0.250. The van der Waals surface area contributed by atoms with Crippen molar-refractivity contribution in [3.63, 3.8) is 0 Å². The Labute approximate surface area is 108 Å². The van der Waals surface area contributed by atoms with Gasteiger partial charge in [0, 0.05) is 31.6 Å². The van der Waals surface area contributed by atoms with Gasteiger partial charge in [-0.15, -0.1) is 0 Å². The van der Waals surface area contributed by atoms with E-state index in [4.69, 9.17) is 43.4 Å². The highest BCUT2D eigenvalue weighted by molar-refractivity contribution is 4.82. The van der Waals surface area contributed by atoms with Gasteiger partial charge in [-0.25, -0.2) is 0 Å². The number of hydrogen-bond donors (Lipinski definition) is 8. The fourth-order valence-corrected chi connectivity index (χ4v) is 0.800. The Balaban J connectivity index is 0. The zero-order chi connectivity index (χ0) is 14.7. The van der Waals surface area contributed by atoms with Gasteiger partial charge < -0.3 is 43.4 Å². The van der Waals surface area contributed by atoms with Crippen LogP contribution in [0.1, 0.15) is 0 Å². The van der Waals surface area contributed by atoms with Gasteiger partial charge in [0.1, 0.15) is 0 Å². The molecule has 0 saturated carbocycles. The lowest BCUT2D eigenvalue weighted by Crippen LogP contribution is -2.49. The van der Waals surface area contributed by atoms with E-state index in [0.717, 1.165) is 0 Å². The Morgan fingerprint density at radius 1 is 0.500 bits per heavy atom. The summed E-state index contributed by atoms with van der Waals surface area (Å²) < 4.78 is 0. The van der Waals surface area contributed by atoms with E-state index >= 15 is 0 Å². The third-order valence-corrected chi connectivity index (χ3v) is 3.07. The van der Waals surface area contributed by atoms with Crippen LogP contribution in [0.4, 0.5) is 0 Å². The van der Waals surface area contributed by atoms with Gasteiger partial charge in [-0.3, -0.25) is 0 Å². The zero-order valence-corrected chi connectivity index (χ0v) is 10.8. The van der Waals surface area contributed by atoms with Crippen LogP contribution in [0.2, 0.25) is 0 Å². The first-order valence-electron chi connectivity index (χ1n) is 5.73. The monoisotopic (exact) mass is 268 g/mol. The Morgan fingerprint density at radius 3 is 0.722 bits per heavy atom. The van der Waals surface area contributed by atoms with Gasteiger partial charge in [0.15, 0.2) is 0 Å². The van der Waals surface area contributed by atoms with Gasteiger partial charge in [0.2, 0.25) is 0 Å². The highest BCUT2D eigenvalue weighted by Gasteiger charge is 2.26. The summed E-state index contributed by atoms with van der Waals surface area (Å²) in [5.74, 6) is 0. The number of hydrogen-bond acceptors (Lipinski definition) is 8. The van der Waals surface area contributed by atoms with Crippen LogP contribution in [-0.4, -0.2) is 73.0 Å². The Bertz CT molecular complexity index is 132. The Kier molecular flexibility index (Phi) is 11.8. The Morgan fingerprint density at radius 2 is 0.722 bits per heavy atom. The van der Waals surface area contributed by atoms with Gasteiger partial charge in [-0.2, -0.15) is 0 Å². The van der Waals surface area contributed by atoms with Crippen LogP contribution in [0.5, 0.6) is 0 Å². The topological polar surface area (TPSA) is 185 Å². The van der Waals surface area contributed by atoms with E-state index < -0.39 is 31.8 Å². The van der Waals surface area contributed by atoms with Crippen molar-refractivity contribution in [2.24, 2.45) is 33.8 Å². The molecule has 12 N–H and O–H groups in total. The predicted octanol–water partition coefficient (Wildman–Crippen LogP) is -4.25. The highest BCUT2D eigenvalue weighted by Crippen LogP contribution is 2.11. The maximum Gasteiger partial charge on any atom is 0.0627 e. The van der Waals surface area contributed by atoms with Crippen molar-refractivity contribution in [3.05, 3.63) is 0 Å². The second-order valence-electron chi connectivity index (χ2n) is 4.45. The first-order chi connectivity index (χ1) is 8.49. The molecule has 0 aromatic rings. The fraction of sp³-hybridized carbons (Fsp3) is 1.00.